The number of carbonyl (C=O) groups is 1. The SMILES string of the molecule is CC.CCCCc1[nH]c(=O)c(C2=NN=C(CC(=O)NCc3ccc(CC)cc3)C2)c(O)c1-c1c(OC)cccc1OC. The van der Waals surface area contributed by atoms with E-state index < -0.39 is 5.56 Å². The fourth-order valence-corrected chi connectivity index (χ4v) is 4.79. The molecule has 4 rings (SSSR count). The summed E-state index contributed by atoms with van der Waals surface area (Å²) in [4.78, 5) is 28.8. The number of carbonyl (C=O) groups excluding carboxylic acids is 1. The van der Waals surface area contributed by atoms with Gasteiger partial charge in [0.15, 0.2) is 0 Å². The number of nitrogens with zero attached hydrogens (tertiary/aromatic N) is 2. The van der Waals surface area contributed by atoms with Gasteiger partial charge in [0.05, 0.1) is 43.2 Å². The molecule has 1 aliphatic rings. The van der Waals surface area contributed by atoms with Gasteiger partial charge in [0.1, 0.15) is 22.8 Å². The van der Waals surface area contributed by atoms with Crippen molar-refractivity contribution in [2.45, 2.75) is 72.8 Å². The van der Waals surface area contributed by atoms with E-state index in [-0.39, 0.29) is 30.1 Å². The molecule has 42 heavy (non-hydrogen) atoms. The summed E-state index contributed by atoms with van der Waals surface area (Å²) in [5.41, 5.74) is 4.18. The molecular weight excluding hydrogens is 532 g/mol. The summed E-state index contributed by atoms with van der Waals surface area (Å²) in [7, 11) is 3.08. The third-order valence-electron chi connectivity index (χ3n) is 6.98. The van der Waals surface area contributed by atoms with Gasteiger partial charge in [-0.15, -0.1) is 0 Å². The van der Waals surface area contributed by atoms with Gasteiger partial charge >= 0.3 is 0 Å². The van der Waals surface area contributed by atoms with Crippen molar-refractivity contribution in [3.05, 3.63) is 75.2 Å². The maximum absolute atomic E-state index is 13.2. The van der Waals surface area contributed by atoms with Gasteiger partial charge in [0.25, 0.3) is 5.56 Å². The van der Waals surface area contributed by atoms with E-state index in [1.54, 1.807) is 32.4 Å². The number of unbranched alkanes of at least 4 members (excludes halogenated alkanes) is 1. The first-order valence-corrected chi connectivity index (χ1v) is 14.6. The fraction of sp³-hybridized carbons (Fsp3) is 0.394. The van der Waals surface area contributed by atoms with Crippen molar-refractivity contribution >= 4 is 17.3 Å². The van der Waals surface area contributed by atoms with Gasteiger partial charge in [-0.25, -0.2) is 0 Å². The Morgan fingerprint density at radius 1 is 0.952 bits per heavy atom. The number of hydrogen-bond acceptors (Lipinski definition) is 7. The highest BCUT2D eigenvalue weighted by molar-refractivity contribution is 6.19. The summed E-state index contributed by atoms with van der Waals surface area (Å²) >= 11 is 0. The summed E-state index contributed by atoms with van der Waals surface area (Å²) in [6, 6.07) is 13.4. The molecule has 0 spiro atoms. The zero-order chi connectivity index (χ0) is 30.6. The molecule has 1 aromatic heterocycles. The number of pyridine rings is 1. The number of methoxy groups -OCH3 is 2. The van der Waals surface area contributed by atoms with Crippen LogP contribution in [0.4, 0.5) is 0 Å². The van der Waals surface area contributed by atoms with Crippen molar-refractivity contribution < 1.29 is 19.4 Å². The molecule has 1 amide bonds. The normalized spacial score (nSPS) is 12.1. The lowest BCUT2D eigenvalue weighted by atomic mass is 9.93. The van der Waals surface area contributed by atoms with Crippen LogP contribution in [0.25, 0.3) is 11.1 Å². The van der Waals surface area contributed by atoms with Crippen molar-refractivity contribution in [2.24, 2.45) is 10.2 Å². The molecule has 0 saturated heterocycles. The standard InChI is InChI=1S/C31H36N4O5.C2H6/c1-5-7-9-22-27(29-24(39-3)10-8-11-25(29)40-4)30(37)28(31(38)33-22)23-16-21(34-35-23)17-26(36)32-18-20-14-12-19(6-2)13-15-20;1-2/h8,10-15H,5-7,9,16-18H2,1-4H3,(H,32,36)(H2,33,37,38);1-2H3. The highest BCUT2D eigenvalue weighted by Crippen LogP contribution is 2.45. The van der Waals surface area contributed by atoms with E-state index in [0.29, 0.717) is 52.7 Å². The molecule has 2 aromatic carbocycles. The minimum Gasteiger partial charge on any atom is -0.506 e. The molecule has 9 nitrogen and oxygen atoms in total. The Balaban J connectivity index is 0.00000237. The largest absolute Gasteiger partial charge is 0.506 e. The minimum absolute atomic E-state index is 0.0263. The number of aromatic hydroxyl groups is 1. The Hall–Kier alpha value is -4.40. The van der Waals surface area contributed by atoms with Crippen molar-refractivity contribution in [3.63, 3.8) is 0 Å². The average Bonchev–Trinajstić information content (AvgIpc) is 3.47. The maximum Gasteiger partial charge on any atom is 0.261 e. The van der Waals surface area contributed by atoms with Gasteiger partial charge < -0.3 is 24.9 Å². The van der Waals surface area contributed by atoms with Crippen LogP contribution in [-0.2, 0) is 24.2 Å². The second kappa shape index (κ2) is 15.6. The van der Waals surface area contributed by atoms with E-state index in [1.165, 1.54) is 5.56 Å². The molecule has 0 radical (unpaired) electrons. The first-order chi connectivity index (χ1) is 20.4. The van der Waals surface area contributed by atoms with Crippen LogP contribution in [0, 0.1) is 0 Å². The molecule has 9 heteroatoms. The summed E-state index contributed by atoms with van der Waals surface area (Å²) in [5, 5.41) is 22.8. The number of aromatic nitrogens is 1. The predicted octanol–water partition coefficient (Wildman–Crippen LogP) is 5.95. The third kappa shape index (κ3) is 7.46. The smallest absolute Gasteiger partial charge is 0.261 e. The van der Waals surface area contributed by atoms with Crippen molar-refractivity contribution in [1.29, 1.82) is 0 Å². The predicted molar refractivity (Wildman–Crippen MR) is 168 cm³/mol. The highest BCUT2D eigenvalue weighted by atomic mass is 16.5. The van der Waals surface area contributed by atoms with Crippen LogP contribution >= 0.6 is 0 Å². The lowest BCUT2D eigenvalue weighted by molar-refractivity contribution is -0.120. The maximum atomic E-state index is 13.2. The number of benzene rings is 2. The van der Waals surface area contributed by atoms with Gasteiger partial charge in [-0.2, -0.15) is 10.2 Å². The molecule has 0 unspecified atom stereocenters. The number of hydrogen-bond donors (Lipinski definition) is 3. The van der Waals surface area contributed by atoms with Gasteiger partial charge in [-0.1, -0.05) is 64.4 Å². The molecule has 3 aromatic rings. The average molecular weight is 575 g/mol. The fourth-order valence-electron chi connectivity index (χ4n) is 4.79. The Labute approximate surface area is 247 Å². The van der Waals surface area contributed by atoms with Crippen LogP contribution in [0.1, 0.15) is 75.8 Å². The van der Waals surface area contributed by atoms with Gasteiger partial charge in [-0.3, -0.25) is 9.59 Å². The zero-order valence-corrected chi connectivity index (χ0v) is 25.5. The van der Waals surface area contributed by atoms with Crippen LogP contribution in [0.3, 0.4) is 0 Å². The zero-order valence-electron chi connectivity index (χ0n) is 25.5. The Kier molecular flexibility index (Phi) is 11.9. The Morgan fingerprint density at radius 2 is 1.60 bits per heavy atom. The minimum atomic E-state index is -0.462. The van der Waals surface area contributed by atoms with Gasteiger partial charge in [-0.05, 0) is 42.5 Å². The number of ether oxygens (including phenoxy) is 2. The monoisotopic (exact) mass is 574 g/mol. The van der Waals surface area contributed by atoms with Crippen molar-refractivity contribution in [1.82, 2.24) is 10.3 Å². The first kappa shape index (κ1) is 32.1. The molecular formula is C33H42N4O5. The van der Waals surface area contributed by atoms with Gasteiger partial charge in [0.2, 0.25) is 5.91 Å². The molecule has 224 valence electrons. The first-order valence-electron chi connectivity index (χ1n) is 14.6. The lowest BCUT2D eigenvalue weighted by Gasteiger charge is -2.19. The van der Waals surface area contributed by atoms with Crippen LogP contribution in [0.5, 0.6) is 17.2 Å². The van der Waals surface area contributed by atoms with Crippen LogP contribution in [0.2, 0.25) is 0 Å². The van der Waals surface area contributed by atoms with Crippen LogP contribution in [0.15, 0.2) is 57.5 Å². The van der Waals surface area contributed by atoms with Crippen LogP contribution < -0.4 is 20.3 Å². The van der Waals surface area contributed by atoms with Gasteiger partial charge in [0, 0.05) is 18.7 Å². The summed E-state index contributed by atoms with van der Waals surface area (Å²) in [6.07, 6.45) is 3.44. The van der Waals surface area contributed by atoms with E-state index in [9.17, 15) is 14.7 Å². The molecule has 2 heterocycles. The molecule has 0 bridgehead atoms. The van der Waals surface area contributed by atoms with Crippen LogP contribution in [-0.4, -0.2) is 41.6 Å². The second-order valence-corrected chi connectivity index (χ2v) is 9.69. The molecule has 3 N–H and O–H groups in total. The third-order valence-corrected chi connectivity index (χ3v) is 6.98. The van der Waals surface area contributed by atoms with E-state index in [0.717, 1.165) is 24.8 Å². The topological polar surface area (TPSA) is 125 Å². The molecule has 0 saturated carbocycles. The highest BCUT2D eigenvalue weighted by Gasteiger charge is 2.28. The molecule has 0 fully saturated rings. The Morgan fingerprint density at radius 3 is 2.19 bits per heavy atom. The second-order valence-electron chi connectivity index (χ2n) is 9.69. The number of rotatable bonds is 12. The lowest BCUT2D eigenvalue weighted by Crippen LogP contribution is -2.26. The quantitative estimate of drug-likeness (QED) is 0.246. The molecule has 1 aliphatic heterocycles. The number of H-pyrrole nitrogens is 1. The van der Waals surface area contributed by atoms with E-state index >= 15 is 0 Å². The number of nitrogens with one attached hydrogen (secondary N) is 2. The van der Waals surface area contributed by atoms with E-state index in [2.05, 4.69) is 46.5 Å². The van der Waals surface area contributed by atoms with Crippen molar-refractivity contribution in [2.75, 3.05) is 14.2 Å². The van der Waals surface area contributed by atoms with Crippen molar-refractivity contribution in [3.8, 4) is 28.4 Å². The number of aryl methyl sites for hydroxylation is 2. The van der Waals surface area contributed by atoms with E-state index in [1.807, 2.05) is 26.0 Å². The van der Waals surface area contributed by atoms with E-state index in [4.69, 9.17) is 9.47 Å². The Bertz CT molecular complexity index is 1470. The molecule has 0 atom stereocenters. The number of amides is 1. The molecule has 0 aliphatic carbocycles. The summed E-state index contributed by atoms with van der Waals surface area (Å²) < 4.78 is 11.2. The number of aromatic amines is 1. The summed E-state index contributed by atoms with van der Waals surface area (Å²) in [6.45, 7) is 8.56. The summed E-state index contributed by atoms with van der Waals surface area (Å²) in [5.74, 6) is 0.587.